The molecule has 7 amide bonds. The summed E-state index contributed by atoms with van der Waals surface area (Å²) in [5.74, 6) is -0.729. The van der Waals surface area contributed by atoms with Crippen molar-refractivity contribution in [3.63, 3.8) is 0 Å². The molecule has 4 aliphatic heterocycles. The fourth-order valence-corrected chi connectivity index (χ4v) is 11.7. The second-order valence-corrected chi connectivity index (χ2v) is 21.0. The number of urea groups is 1. The standard InChI is InChI=1S/C34H34N4O3S.C24H28N4O4/c1-22(2)32(40)37-17-15-34(16-18-37)27-7-4-3-6-26(27)33(41)38(34)21-23-9-11-24(12-10-23)31(39)36-29-20-25(13-14-28(29)35)30-8-5-19-42-30;1-16(2)25-23(31)27-13-11-24(12-14-27)20-6-4-3-5-19(20)22(30)28(24)15-17-7-9-18(10-8-17)21(29)26-32/h3-14,19-20,22H,15-18,21,35H2,1-2H3,(H,36,39);3-10,16,32H,11-15H2,1-2H3,(H,25,31)(H,26,29). The summed E-state index contributed by atoms with van der Waals surface area (Å²) in [6.45, 7) is 10.9. The highest BCUT2D eigenvalue weighted by Crippen LogP contribution is 2.49. The summed E-state index contributed by atoms with van der Waals surface area (Å²) < 4.78 is 0. The molecule has 2 saturated heterocycles. The number of nitrogens with one attached hydrogen (secondary N) is 3. The van der Waals surface area contributed by atoms with E-state index in [-0.39, 0.29) is 41.6 Å². The molecule has 0 unspecified atom stereocenters. The van der Waals surface area contributed by atoms with Crippen LogP contribution in [0.5, 0.6) is 0 Å². The van der Waals surface area contributed by atoms with Crippen molar-refractivity contribution in [2.75, 3.05) is 37.2 Å². The van der Waals surface area contributed by atoms with Gasteiger partial charge in [-0.1, -0.05) is 86.6 Å². The smallest absolute Gasteiger partial charge is 0.317 e. The molecule has 74 heavy (non-hydrogen) atoms. The van der Waals surface area contributed by atoms with Crippen LogP contribution in [-0.2, 0) is 29.0 Å². The Kier molecular flexibility index (Phi) is 14.7. The number of benzene rings is 5. The minimum absolute atomic E-state index is 0.0113. The van der Waals surface area contributed by atoms with Gasteiger partial charge in [0.05, 0.1) is 22.5 Å². The van der Waals surface area contributed by atoms with E-state index in [9.17, 15) is 28.8 Å². The van der Waals surface area contributed by atoms with E-state index in [2.05, 4.69) is 16.7 Å². The van der Waals surface area contributed by atoms with Crippen molar-refractivity contribution < 1.29 is 34.0 Å². The lowest BCUT2D eigenvalue weighted by Crippen LogP contribution is -2.54. The molecule has 6 N–H and O–H groups in total. The van der Waals surface area contributed by atoms with Gasteiger partial charge >= 0.3 is 6.03 Å². The van der Waals surface area contributed by atoms with Crippen LogP contribution in [0.25, 0.3) is 10.4 Å². The number of thiophene rings is 1. The second-order valence-electron chi connectivity index (χ2n) is 20.1. The van der Waals surface area contributed by atoms with E-state index in [1.54, 1.807) is 59.3 Å². The molecule has 2 fully saturated rings. The molecule has 16 heteroatoms. The van der Waals surface area contributed by atoms with E-state index in [0.717, 1.165) is 38.3 Å². The lowest BCUT2D eigenvalue weighted by Gasteiger charge is -2.46. The van der Waals surface area contributed by atoms with Crippen LogP contribution in [0.3, 0.4) is 0 Å². The number of nitrogen functional groups attached to an aromatic ring is 1. The Morgan fingerprint density at radius 3 is 1.61 bits per heavy atom. The van der Waals surface area contributed by atoms with Crippen molar-refractivity contribution >= 4 is 58.3 Å². The molecule has 0 aliphatic carbocycles. The lowest BCUT2D eigenvalue weighted by atomic mass is 9.80. The Morgan fingerprint density at radius 1 is 0.635 bits per heavy atom. The maximum atomic E-state index is 13.7. The Balaban J connectivity index is 0.000000189. The predicted octanol–water partition coefficient (Wildman–Crippen LogP) is 9.25. The number of piperidine rings is 2. The van der Waals surface area contributed by atoms with Crippen molar-refractivity contribution in [2.24, 2.45) is 5.92 Å². The van der Waals surface area contributed by atoms with Gasteiger partial charge in [0, 0.05) is 78.4 Å². The molecule has 0 saturated carbocycles. The highest BCUT2D eigenvalue weighted by Gasteiger charge is 2.52. The minimum atomic E-state index is -0.579. The quantitative estimate of drug-likeness (QED) is 0.0508. The van der Waals surface area contributed by atoms with Gasteiger partial charge in [0.2, 0.25) is 5.91 Å². The van der Waals surface area contributed by atoms with Crippen LogP contribution < -0.4 is 21.8 Å². The molecule has 15 nitrogen and oxygen atoms in total. The lowest BCUT2D eigenvalue weighted by molar-refractivity contribution is -0.137. The van der Waals surface area contributed by atoms with Crippen molar-refractivity contribution in [2.45, 2.75) is 83.6 Å². The molecule has 5 aromatic carbocycles. The van der Waals surface area contributed by atoms with E-state index >= 15 is 0 Å². The van der Waals surface area contributed by atoms with Crippen molar-refractivity contribution in [1.82, 2.24) is 30.4 Å². The molecule has 4 aliphatic rings. The molecule has 382 valence electrons. The summed E-state index contributed by atoms with van der Waals surface area (Å²) in [6, 6.07) is 39.4. The molecule has 0 atom stereocenters. The van der Waals surface area contributed by atoms with E-state index in [0.29, 0.717) is 93.0 Å². The molecule has 6 aromatic rings. The van der Waals surface area contributed by atoms with Gasteiger partial charge in [-0.15, -0.1) is 11.3 Å². The van der Waals surface area contributed by atoms with Crippen LogP contribution in [0.1, 0.15) is 117 Å². The third kappa shape index (κ3) is 9.98. The van der Waals surface area contributed by atoms with E-state index in [4.69, 9.17) is 10.9 Å². The van der Waals surface area contributed by atoms with Gasteiger partial charge in [0.1, 0.15) is 0 Å². The van der Waals surface area contributed by atoms with Crippen LogP contribution in [0, 0.1) is 5.92 Å². The maximum absolute atomic E-state index is 13.7. The molecular weight excluding hydrogens is 953 g/mol. The Bertz CT molecular complexity index is 3070. The average molecular weight is 1020 g/mol. The number of fused-ring (bicyclic) bond motifs is 4. The normalized spacial score (nSPS) is 16.3. The van der Waals surface area contributed by atoms with Gasteiger partial charge in [-0.3, -0.25) is 29.2 Å². The highest BCUT2D eigenvalue weighted by atomic mass is 32.1. The summed E-state index contributed by atoms with van der Waals surface area (Å²) in [4.78, 5) is 85.7. The van der Waals surface area contributed by atoms with Gasteiger partial charge in [-0.25, -0.2) is 10.3 Å². The zero-order chi connectivity index (χ0) is 52.3. The number of amides is 7. The number of nitrogens with zero attached hydrogens (tertiary/aromatic N) is 4. The molecule has 0 radical (unpaired) electrons. The van der Waals surface area contributed by atoms with Crippen molar-refractivity contribution in [3.05, 3.63) is 177 Å². The number of hydroxylamine groups is 1. The third-order valence-corrected chi connectivity index (χ3v) is 15.8. The first-order valence-corrected chi connectivity index (χ1v) is 26.0. The number of hydrogen-bond acceptors (Lipinski definition) is 9. The van der Waals surface area contributed by atoms with Crippen LogP contribution in [0.4, 0.5) is 16.2 Å². The van der Waals surface area contributed by atoms with Crippen molar-refractivity contribution in [3.8, 4) is 10.4 Å². The number of rotatable bonds is 10. The van der Waals surface area contributed by atoms with E-state index < -0.39 is 17.0 Å². The summed E-state index contributed by atoms with van der Waals surface area (Å²) in [6.07, 6.45) is 2.71. The van der Waals surface area contributed by atoms with Crippen LogP contribution in [0.15, 0.2) is 133 Å². The first kappa shape index (κ1) is 51.1. The van der Waals surface area contributed by atoms with Crippen LogP contribution >= 0.6 is 11.3 Å². The van der Waals surface area contributed by atoms with Gasteiger partial charge < -0.3 is 36.0 Å². The number of likely N-dealkylation sites (tertiary alicyclic amines) is 2. The number of carbonyl (C=O) groups is 6. The first-order valence-electron chi connectivity index (χ1n) is 25.2. The number of anilines is 2. The summed E-state index contributed by atoms with van der Waals surface area (Å²) in [7, 11) is 0. The predicted molar refractivity (Wildman–Crippen MR) is 285 cm³/mol. The minimum Gasteiger partial charge on any atom is -0.397 e. The van der Waals surface area contributed by atoms with Gasteiger partial charge in [0.15, 0.2) is 0 Å². The Labute approximate surface area is 435 Å². The van der Waals surface area contributed by atoms with E-state index in [1.807, 2.05) is 132 Å². The largest absolute Gasteiger partial charge is 0.397 e. The average Bonchev–Trinajstić information content (AvgIpc) is 4.10. The summed E-state index contributed by atoms with van der Waals surface area (Å²) >= 11 is 1.63. The van der Waals surface area contributed by atoms with Crippen molar-refractivity contribution in [1.29, 1.82) is 0 Å². The van der Waals surface area contributed by atoms with Crippen LogP contribution in [0.2, 0.25) is 0 Å². The van der Waals surface area contributed by atoms with Crippen LogP contribution in [-0.4, -0.2) is 92.6 Å². The molecule has 10 rings (SSSR count). The number of nitrogens with two attached hydrogens (primary N) is 1. The Morgan fingerprint density at radius 2 is 1.14 bits per heavy atom. The fraction of sp³-hybridized carbons (Fsp3) is 0.310. The SMILES string of the molecule is CC(C)C(=O)N1CCC2(CC1)c1ccccc1C(=O)N2Cc1ccc(C(=O)Nc2cc(-c3cccs3)ccc2N)cc1.CC(C)NC(=O)N1CCC2(CC1)c1ccccc1C(=O)N2Cc1ccc(C(=O)NO)cc1. The summed E-state index contributed by atoms with van der Waals surface area (Å²) in [5, 5.41) is 16.7. The summed E-state index contributed by atoms with van der Waals surface area (Å²) in [5.41, 5.74) is 15.1. The van der Waals surface area contributed by atoms with E-state index in [1.165, 1.54) is 0 Å². The van der Waals surface area contributed by atoms with Gasteiger partial charge in [0.25, 0.3) is 23.6 Å². The van der Waals surface area contributed by atoms with Gasteiger partial charge in [-0.2, -0.15) is 0 Å². The maximum Gasteiger partial charge on any atom is 0.317 e. The Hall–Kier alpha value is -7.82. The molecule has 0 bridgehead atoms. The monoisotopic (exact) mass is 1010 g/mol. The zero-order valence-corrected chi connectivity index (χ0v) is 42.9. The molecule has 2 spiro atoms. The molecule has 1 aromatic heterocycles. The topological polar surface area (TPSA) is 198 Å². The number of hydrogen-bond donors (Lipinski definition) is 5. The third-order valence-electron chi connectivity index (χ3n) is 14.8. The first-order chi connectivity index (χ1) is 35.6. The molecular formula is C58H62N8O7S. The zero-order valence-electron chi connectivity index (χ0n) is 42.1. The number of carbonyl (C=O) groups excluding carboxylic acids is 6. The van der Waals surface area contributed by atoms with Gasteiger partial charge in [-0.05, 0) is 127 Å². The second kappa shape index (κ2) is 21.3. The fourth-order valence-electron chi connectivity index (χ4n) is 10.9. The molecule has 5 heterocycles. The highest BCUT2D eigenvalue weighted by molar-refractivity contribution is 7.13.